The zero-order chi connectivity index (χ0) is 11.3. The molecule has 15 heavy (non-hydrogen) atoms. The standard InChI is InChI=1S/C12H19NO2/c1-9(2)8-15-11-5-3-10(4-6-11)12(14)7-13/h3-6,9,12,14H,7-8,13H2,1-2H3/t12-/m0/s1. The number of hydrogen-bond acceptors (Lipinski definition) is 3. The second kappa shape index (κ2) is 5.73. The minimum Gasteiger partial charge on any atom is -0.493 e. The van der Waals surface area contributed by atoms with Crippen LogP contribution in [0.5, 0.6) is 5.75 Å². The molecule has 3 nitrogen and oxygen atoms in total. The average molecular weight is 209 g/mol. The third-order valence-corrected chi connectivity index (χ3v) is 2.07. The first-order valence-corrected chi connectivity index (χ1v) is 5.24. The third kappa shape index (κ3) is 3.90. The van der Waals surface area contributed by atoms with E-state index in [1.54, 1.807) is 0 Å². The fraction of sp³-hybridized carbons (Fsp3) is 0.500. The van der Waals surface area contributed by atoms with E-state index in [9.17, 15) is 5.11 Å². The molecule has 0 radical (unpaired) electrons. The Kier molecular flexibility index (Phi) is 4.59. The van der Waals surface area contributed by atoms with Gasteiger partial charge in [-0.15, -0.1) is 0 Å². The van der Waals surface area contributed by atoms with Crippen molar-refractivity contribution in [3.8, 4) is 5.75 Å². The lowest BCUT2D eigenvalue weighted by Crippen LogP contribution is -2.11. The van der Waals surface area contributed by atoms with E-state index in [0.717, 1.165) is 11.3 Å². The zero-order valence-corrected chi connectivity index (χ0v) is 9.31. The molecule has 0 aliphatic rings. The first-order valence-electron chi connectivity index (χ1n) is 5.24. The van der Waals surface area contributed by atoms with Crippen molar-refractivity contribution >= 4 is 0 Å². The first kappa shape index (κ1) is 12.0. The molecule has 0 saturated carbocycles. The summed E-state index contributed by atoms with van der Waals surface area (Å²) in [6, 6.07) is 7.40. The molecule has 0 unspecified atom stereocenters. The van der Waals surface area contributed by atoms with Crippen LogP contribution in [0.4, 0.5) is 0 Å². The van der Waals surface area contributed by atoms with Gasteiger partial charge in [0.2, 0.25) is 0 Å². The quantitative estimate of drug-likeness (QED) is 0.776. The predicted octanol–water partition coefficient (Wildman–Crippen LogP) is 1.71. The van der Waals surface area contributed by atoms with E-state index < -0.39 is 6.10 Å². The SMILES string of the molecule is CC(C)COc1ccc([C@@H](O)CN)cc1. The molecule has 0 aliphatic heterocycles. The van der Waals surface area contributed by atoms with Gasteiger partial charge >= 0.3 is 0 Å². The Morgan fingerprint density at radius 2 is 1.87 bits per heavy atom. The molecule has 3 N–H and O–H groups in total. The largest absolute Gasteiger partial charge is 0.493 e. The van der Waals surface area contributed by atoms with Crippen molar-refractivity contribution in [2.45, 2.75) is 20.0 Å². The lowest BCUT2D eigenvalue weighted by atomic mass is 10.1. The van der Waals surface area contributed by atoms with Gasteiger partial charge in [-0.05, 0) is 23.6 Å². The monoisotopic (exact) mass is 209 g/mol. The summed E-state index contributed by atoms with van der Waals surface area (Å²) < 4.78 is 5.52. The van der Waals surface area contributed by atoms with Gasteiger partial charge in [-0.1, -0.05) is 26.0 Å². The molecule has 0 amide bonds. The molecule has 3 heteroatoms. The Labute approximate surface area is 90.9 Å². The van der Waals surface area contributed by atoms with E-state index in [4.69, 9.17) is 10.5 Å². The van der Waals surface area contributed by atoms with Gasteiger partial charge in [-0.3, -0.25) is 0 Å². The number of aliphatic hydroxyl groups excluding tert-OH is 1. The molecule has 1 atom stereocenters. The Bertz CT molecular complexity index is 282. The molecule has 0 heterocycles. The van der Waals surface area contributed by atoms with Gasteiger partial charge in [0.1, 0.15) is 5.75 Å². The van der Waals surface area contributed by atoms with Crippen LogP contribution in [0, 0.1) is 5.92 Å². The predicted molar refractivity (Wildman–Crippen MR) is 60.8 cm³/mol. The number of benzene rings is 1. The maximum atomic E-state index is 9.47. The molecule has 0 saturated heterocycles. The Morgan fingerprint density at radius 1 is 1.27 bits per heavy atom. The van der Waals surface area contributed by atoms with Crippen LogP contribution in [0.25, 0.3) is 0 Å². The van der Waals surface area contributed by atoms with Gasteiger partial charge in [0.25, 0.3) is 0 Å². The molecular weight excluding hydrogens is 190 g/mol. The highest BCUT2D eigenvalue weighted by atomic mass is 16.5. The molecule has 0 aromatic heterocycles. The van der Waals surface area contributed by atoms with Crippen LogP contribution >= 0.6 is 0 Å². The van der Waals surface area contributed by atoms with Crippen molar-refractivity contribution < 1.29 is 9.84 Å². The number of nitrogens with two attached hydrogens (primary N) is 1. The summed E-state index contributed by atoms with van der Waals surface area (Å²) in [5, 5.41) is 9.47. The minimum absolute atomic E-state index is 0.242. The van der Waals surface area contributed by atoms with E-state index in [-0.39, 0.29) is 6.54 Å². The van der Waals surface area contributed by atoms with Crippen molar-refractivity contribution in [1.82, 2.24) is 0 Å². The van der Waals surface area contributed by atoms with Crippen LogP contribution in [-0.4, -0.2) is 18.3 Å². The summed E-state index contributed by atoms with van der Waals surface area (Å²) in [6.07, 6.45) is -0.579. The summed E-state index contributed by atoms with van der Waals surface area (Å²) in [5.41, 5.74) is 6.19. The van der Waals surface area contributed by atoms with Gasteiger partial charge < -0.3 is 15.6 Å². The van der Waals surface area contributed by atoms with E-state index in [2.05, 4.69) is 13.8 Å². The molecule has 1 rings (SSSR count). The molecule has 1 aromatic rings. The van der Waals surface area contributed by atoms with Gasteiger partial charge in [0, 0.05) is 6.54 Å². The van der Waals surface area contributed by atoms with E-state index in [0.29, 0.717) is 12.5 Å². The summed E-state index contributed by atoms with van der Waals surface area (Å²) in [6.45, 7) is 5.16. The normalized spacial score (nSPS) is 12.9. The van der Waals surface area contributed by atoms with Crippen molar-refractivity contribution in [2.75, 3.05) is 13.2 Å². The van der Waals surface area contributed by atoms with Crippen LogP contribution in [-0.2, 0) is 0 Å². The topological polar surface area (TPSA) is 55.5 Å². The lowest BCUT2D eigenvalue weighted by molar-refractivity contribution is 0.186. The van der Waals surface area contributed by atoms with Crippen molar-refractivity contribution in [3.05, 3.63) is 29.8 Å². The summed E-state index contributed by atoms with van der Waals surface area (Å²) in [5.74, 6) is 1.34. The molecular formula is C12H19NO2. The fourth-order valence-corrected chi connectivity index (χ4v) is 1.19. The maximum absolute atomic E-state index is 9.47. The number of aliphatic hydroxyl groups is 1. The summed E-state index contributed by atoms with van der Waals surface area (Å²) in [4.78, 5) is 0. The fourth-order valence-electron chi connectivity index (χ4n) is 1.19. The maximum Gasteiger partial charge on any atom is 0.119 e. The average Bonchev–Trinajstić information content (AvgIpc) is 2.26. The van der Waals surface area contributed by atoms with E-state index in [1.165, 1.54) is 0 Å². The number of rotatable bonds is 5. The second-order valence-corrected chi connectivity index (χ2v) is 4.03. The smallest absolute Gasteiger partial charge is 0.119 e. The summed E-state index contributed by atoms with van der Waals surface area (Å²) in [7, 11) is 0. The van der Waals surface area contributed by atoms with Gasteiger partial charge in [0.15, 0.2) is 0 Å². The molecule has 0 spiro atoms. The highest BCUT2D eigenvalue weighted by Crippen LogP contribution is 2.17. The highest BCUT2D eigenvalue weighted by molar-refractivity contribution is 5.28. The van der Waals surface area contributed by atoms with Gasteiger partial charge in [0.05, 0.1) is 12.7 Å². The lowest BCUT2D eigenvalue weighted by Gasteiger charge is -2.11. The molecule has 0 aliphatic carbocycles. The first-order chi connectivity index (χ1) is 7.13. The Morgan fingerprint density at radius 3 is 2.33 bits per heavy atom. The van der Waals surface area contributed by atoms with Crippen LogP contribution < -0.4 is 10.5 Å². The number of hydrogen-bond donors (Lipinski definition) is 2. The Balaban J connectivity index is 2.56. The minimum atomic E-state index is -0.579. The molecule has 0 fully saturated rings. The zero-order valence-electron chi connectivity index (χ0n) is 9.31. The van der Waals surface area contributed by atoms with E-state index >= 15 is 0 Å². The van der Waals surface area contributed by atoms with Crippen LogP contribution in [0.3, 0.4) is 0 Å². The highest BCUT2D eigenvalue weighted by Gasteiger charge is 2.04. The number of ether oxygens (including phenoxy) is 1. The van der Waals surface area contributed by atoms with Gasteiger partial charge in [-0.25, -0.2) is 0 Å². The van der Waals surface area contributed by atoms with E-state index in [1.807, 2.05) is 24.3 Å². The summed E-state index contributed by atoms with van der Waals surface area (Å²) >= 11 is 0. The Hall–Kier alpha value is -1.06. The van der Waals surface area contributed by atoms with Crippen LogP contribution in [0.1, 0.15) is 25.5 Å². The third-order valence-electron chi connectivity index (χ3n) is 2.07. The molecule has 0 bridgehead atoms. The van der Waals surface area contributed by atoms with Crippen molar-refractivity contribution in [1.29, 1.82) is 0 Å². The van der Waals surface area contributed by atoms with Gasteiger partial charge in [-0.2, -0.15) is 0 Å². The molecule has 1 aromatic carbocycles. The van der Waals surface area contributed by atoms with Crippen LogP contribution in [0.2, 0.25) is 0 Å². The molecule has 84 valence electrons. The van der Waals surface area contributed by atoms with Crippen LogP contribution in [0.15, 0.2) is 24.3 Å². The second-order valence-electron chi connectivity index (χ2n) is 4.03. The van der Waals surface area contributed by atoms with Crippen molar-refractivity contribution in [2.24, 2.45) is 11.7 Å². The van der Waals surface area contributed by atoms with Crippen molar-refractivity contribution in [3.63, 3.8) is 0 Å².